The molecule has 1 aliphatic heterocycles. The molecule has 0 unspecified atom stereocenters. The Morgan fingerprint density at radius 2 is 2.06 bits per heavy atom. The zero-order chi connectivity index (χ0) is 23.2. The highest BCUT2D eigenvalue weighted by Gasteiger charge is 2.33. The molecule has 0 bridgehead atoms. The number of hydrogen-bond donors (Lipinski definition) is 1. The normalized spacial score (nSPS) is 15.9. The predicted molar refractivity (Wildman–Crippen MR) is 128 cm³/mol. The van der Waals surface area contributed by atoms with E-state index in [1.807, 2.05) is 30.3 Å². The molecule has 0 saturated carbocycles. The van der Waals surface area contributed by atoms with Crippen LogP contribution in [-0.4, -0.2) is 35.7 Å². The van der Waals surface area contributed by atoms with Crippen molar-refractivity contribution in [3.05, 3.63) is 87.4 Å². The summed E-state index contributed by atoms with van der Waals surface area (Å²) < 4.78 is 3.27. The summed E-state index contributed by atoms with van der Waals surface area (Å²) in [6.45, 7) is 1.09. The fourth-order valence-electron chi connectivity index (χ4n) is 4.79. The first-order valence-electron chi connectivity index (χ1n) is 11.0. The summed E-state index contributed by atoms with van der Waals surface area (Å²) in [6, 6.07) is 13.5. The van der Waals surface area contributed by atoms with E-state index in [0.29, 0.717) is 45.3 Å². The van der Waals surface area contributed by atoms with Crippen LogP contribution < -0.4 is 10.5 Å². The van der Waals surface area contributed by atoms with Crippen LogP contribution in [-0.2, 0) is 6.54 Å². The van der Waals surface area contributed by atoms with Gasteiger partial charge in [-0.1, -0.05) is 41.9 Å². The molecule has 34 heavy (non-hydrogen) atoms. The molecule has 0 amide bonds. The van der Waals surface area contributed by atoms with Gasteiger partial charge in [-0.25, -0.2) is 14.5 Å². The Morgan fingerprint density at radius 3 is 2.88 bits per heavy atom. The molecule has 9 nitrogen and oxygen atoms in total. The molecule has 5 heterocycles. The quantitative estimate of drug-likeness (QED) is 0.429. The Bertz CT molecular complexity index is 1630. The second-order valence-corrected chi connectivity index (χ2v) is 8.69. The lowest BCUT2D eigenvalue weighted by atomic mass is 10.1. The van der Waals surface area contributed by atoms with E-state index in [2.05, 4.69) is 25.9 Å². The smallest absolute Gasteiger partial charge is 0.279 e. The number of aromatic amines is 1. The van der Waals surface area contributed by atoms with Crippen LogP contribution in [0.25, 0.3) is 16.6 Å². The summed E-state index contributed by atoms with van der Waals surface area (Å²) in [7, 11) is 0. The van der Waals surface area contributed by atoms with Crippen LogP contribution in [0.5, 0.6) is 0 Å². The van der Waals surface area contributed by atoms with Gasteiger partial charge in [0.25, 0.3) is 5.56 Å². The molecule has 0 radical (unpaired) electrons. The molecule has 6 rings (SSSR count). The zero-order valence-electron chi connectivity index (χ0n) is 18.0. The van der Waals surface area contributed by atoms with Crippen LogP contribution in [0.15, 0.2) is 59.9 Å². The summed E-state index contributed by atoms with van der Waals surface area (Å²) in [5.74, 6) is 1.29. The summed E-state index contributed by atoms with van der Waals surface area (Å²) in [5.41, 5.74) is 2.25. The first-order chi connectivity index (χ1) is 16.7. The monoisotopic (exact) mass is 470 g/mol. The van der Waals surface area contributed by atoms with Gasteiger partial charge in [0, 0.05) is 18.9 Å². The van der Waals surface area contributed by atoms with Gasteiger partial charge in [0.1, 0.15) is 29.4 Å². The van der Waals surface area contributed by atoms with Crippen LogP contribution >= 0.6 is 11.6 Å². The molecule has 1 aromatic carbocycles. The van der Waals surface area contributed by atoms with Crippen LogP contribution in [0.1, 0.15) is 35.8 Å². The average Bonchev–Trinajstić information content (AvgIpc) is 3.59. The van der Waals surface area contributed by atoms with Crippen molar-refractivity contribution in [1.29, 1.82) is 5.26 Å². The average molecular weight is 471 g/mol. The minimum absolute atomic E-state index is 0.192. The van der Waals surface area contributed by atoms with Gasteiger partial charge in [0.05, 0.1) is 28.6 Å². The third kappa shape index (κ3) is 3.15. The number of hydrogen-bond acceptors (Lipinski definition) is 6. The summed E-state index contributed by atoms with van der Waals surface area (Å²) in [4.78, 5) is 27.6. The second kappa shape index (κ2) is 8.01. The Hall–Kier alpha value is -4.16. The van der Waals surface area contributed by atoms with Gasteiger partial charge in [-0.15, -0.1) is 0 Å². The van der Waals surface area contributed by atoms with Crippen molar-refractivity contribution in [3.63, 3.8) is 0 Å². The molecule has 1 saturated heterocycles. The van der Waals surface area contributed by atoms with E-state index in [0.717, 1.165) is 24.9 Å². The van der Waals surface area contributed by atoms with E-state index in [1.54, 1.807) is 27.5 Å². The molecule has 4 aromatic heterocycles. The number of nitrogens with one attached hydrogen (secondary N) is 1. The first-order valence-corrected chi connectivity index (χ1v) is 11.3. The standard InChI is InChI=1S/C24H19ClN8O/c25-17-8-10-33-20(17)24(34)32(13-15-5-2-1-3-6-15)22(30-33)18-7-4-9-31(18)23-19-16(11-26)12-27-21(19)28-14-29-23/h1-3,5-6,8,10,12,14,18H,4,7,9,13H2,(H,27,28,29)/t18-/m0/s1. The van der Waals surface area contributed by atoms with Gasteiger partial charge in [-0.3, -0.25) is 9.36 Å². The van der Waals surface area contributed by atoms with Crippen LogP contribution in [0.3, 0.4) is 0 Å². The van der Waals surface area contributed by atoms with E-state index in [1.165, 1.54) is 6.33 Å². The molecular formula is C24H19ClN8O. The number of halogens is 1. The van der Waals surface area contributed by atoms with Crippen molar-refractivity contribution < 1.29 is 0 Å². The molecule has 0 spiro atoms. The molecular weight excluding hydrogens is 452 g/mol. The lowest BCUT2D eigenvalue weighted by Gasteiger charge is -2.27. The SMILES string of the molecule is N#Cc1c[nH]c2ncnc(N3CCC[C@H]3c3nn4ccc(Cl)c4c(=O)n3Cc3ccccc3)c12. The van der Waals surface area contributed by atoms with E-state index < -0.39 is 0 Å². The third-order valence-corrected chi connectivity index (χ3v) is 6.63. The van der Waals surface area contributed by atoms with Gasteiger partial charge in [0.15, 0.2) is 5.82 Å². The highest BCUT2D eigenvalue weighted by Crippen LogP contribution is 2.38. The van der Waals surface area contributed by atoms with Crippen molar-refractivity contribution in [2.24, 2.45) is 0 Å². The number of H-pyrrole nitrogens is 1. The van der Waals surface area contributed by atoms with Gasteiger partial charge in [-0.2, -0.15) is 10.4 Å². The second-order valence-electron chi connectivity index (χ2n) is 8.28. The largest absolute Gasteiger partial charge is 0.346 e. The topological polar surface area (TPSA) is 108 Å². The maximum Gasteiger partial charge on any atom is 0.279 e. The van der Waals surface area contributed by atoms with Gasteiger partial charge < -0.3 is 9.88 Å². The molecule has 168 valence electrons. The summed E-state index contributed by atoms with van der Waals surface area (Å²) in [6.07, 6.45) is 6.53. The van der Waals surface area contributed by atoms with Crippen LogP contribution in [0, 0.1) is 11.3 Å². The van der Waals surface area contributed by atoms with E-state index in [9.17, 15) is 10.1 Å². The van der Waals surface area contributed by atoms with Crippen molar-refractivity contribution in [2.45, 2.75) is 25.4 Å². The van der Waals surface area contributed by atoms with Gasteiger partial charge in [-0.05, 0) is 24.5 Å². The number of anilines is 1. The molecule has 1 atom stereocenters. The lowest BCUT2D eigenvalue weighted by Crippen LogP contribution is -2.34. The molecule has 5 aromatic rings. The van der Waals surface area contributed by atoms with E-state index in [4.69, 9.17) is 16.7 Å². The highest BCUT2D eigenvalue weighted by molar-refractivity contribution is 6.33. The molecule has 1 fully saturated rings. The van der Waals surface area contributed by atoms with Crippen molar-refractivity contribution in [3.8, 4) is 6.07 Å². The van der Waals surface area contributed by atoms with Gasteiger partial charge in [0.2, 0.25) is 0 Å². The van der Waals surface area contributed by atoms with Gasteiger partial charge >= 0.3 is 0 Å². The fraction of sp³-hybridized carbons (Fsp3) is 0.208. The molecule has 10 heteroatoms. The zero-order valence-corrected chi connectivity index (χ0v) is 18.8. The summed E-state index contributed by atoms with van der Waals surface area (Å²) >= 11 is 6.34. The Morgan fingerprint density at radius 1 is 1.21 bits per heavy atom. The number of rotatable bonds is 4. The minimum atomic E-state index is -0.207. The van der Waals surface area contributed by atoms with E-state index >= 15 is 0 Å². The molecule has 0 aliphatic carbocycles. The highest BCUT2D eigenvalue weighted by atomic mass is 35.5. The number of nitrogens with zero attached hydrogens (tertiary/aromatic N) is 7. The first kappa shape index (κ1) is 20.4. The number of benzene rings is 1. The Balaban J connectivity index is 1.55. The third-order valence-electron chi connectivity index (χ3n) is 6.33. The van der Waals surface area contributed by atoms with E-state index in [-0.39, 0.29) is 11.6 Å². The number of fused-ring (bicyclic) bond motifs is 2. The Labute approximate surface area is 198 Å². The van der Waals surface area contributed by atoms with Crippen molar-refractivity contribution in [1.82, 2.24) is 29.1 Å². The maximum absolute atomic E-state index is 13.6. The molecule has 1 N–H and O–H groups in total. The summed E-state index contributed by atoms with van der Waals surface area (Å²) in [5, 5.41) is 15.5. The van der Waals surface area contributed by atoms with Crippen LogP contribution in [0.4, 0.5) is 5.82 Å². The van der Waals surface area contributed by atoms with Crippen LogP contribution in [0.2, 0.25) is 5.02 Å². The lowest BCUT2D eigenvalue weighted by molar-refractivity contribution is 0.555. The van der Waals surface area contributed by atoms with Crippen molar-refractivity contribution in [2.75, 3.05) is 11.4 Å². The number of aromatic nitrogens is 6. The fourth-order valence-corrected chi connectivity index (χ4v) is 5.01. The molecule has 1 aliphatic rings. The number of nitriles is 1. The Kier molecular flexibility index (Phi) is 4.81. The maximum atomic E-state index is 13.6. The van der Waals surface area contributed by atoms with Crippen molar-refractivity contribution >= 4 is 34.0 Å². The minimum Gasteiger partial charge on any atom is -0.346 e. The predicted octanol–water partition coefficient (Wildman–Crippen LogP) is 3.68.